The van der Waals surface area contributed by atoms with Gasteiger partial charge in [-0.2, -0.15) is 0 Å². The van der Waals surface area contributed by atoms with Crippen molar-refractivity contribution in [2.75, 3.05) is 0 Å². The van der Waals surface area contributed by atoms with E-state index in [2.05, 4.69) is 37.3 Å². The molecule has 0 unspecified atom stereocenters. The third kappa shape index (κ3) is 4.10. The smallest absolute Gasteiger partial charge is 0.0833 e. The van der Waals surface area contributed by atoms with Crippen molar-refractivity contribution in [3.05, 3.63) is 35.9 Å². The molecule has 0 N–H and O–H groups in total. The van der Waals surface area contributed by atoms with Crippen LogP contribution in [0.5, 0.6) is 0 Å². The summed E-state index contributed by atoms with van der Waals surface area (Å²) >= 11 is 0. The van der Waals surface area contributed by atoms with Crippen LogP contribution in [0.3, 0.4) is 0 Å². The van der Waals surface area contributed by atoms with Gasteiger partial charge in [0.2, 0.25) is 0 Å². The van der Waals surface area contributed by atoms with Gasteiger partial charge in [-0.25, -0.2) is 0 Å². The van der Waals surface area contributed by atoms with Gasteiger partial charge in [0, 0.05) is 0 Å². The van der Waals surface area contributed by atoms with E-state index in [1.54, 1.807) is 0 Å². The molecule has 0 aliphatic heterocycles. The molecule has 1 aromatic carbocycles. The Morgan fingerprint density at radius 3 is 2.33 bits per heavy atom. The fraction of sp³-hybridized carbons (Fsp3) is 0.700. The molecule has 0 amide bonds. The molecule has 21 heavy (non-hydrogen) atoms. The molecule has 2 fully saturated rings. The zero-order valence-corrected chi connectivity index (χ0v) is 13.5. The average molecular weight is 286 g/mol. The SMILES string of the molecule is CC1(C[C@H](OC2CCCC2)c2ccccc2)CCCCC1. The van der Waals surface area contributed by atoms with Gasteiger partial charge < -0.3 is 4.74 Å². The summed E-state index contributed by atoms with van der Waals surface area (Å²) in [6.45, 7) is 2.49. The maximum atomic E-state index is 6.57. The quantitative estimate of drug-likeness (QED) is 0.640. The summed E-state index contributed by atoms with van der Waals surface area (Å²) in [7, 11) is 0. The molecule has 2 aliphatic rings. The lowest BCUT2D eigenvalue weighted by Crippen LogP contribution is -2.25. The predicted molar refractivity (Wildman–Crippen MR) is 88.3 cm³/mol. The van der Waals surface area contributed by atoms with Gasteiger partial charge >= 0.3 is 0 Å². The molecule has 1 atom stereocenters. The van der Waals surface area contributed by atoms with Crippen LogP contribution in [0.1, 0.15) is 82.8 Å². The number of hydrogen-bond acceptors (Lipinski definition) is 1. The lowest BCUT2D eigenvalue weighted by Gasteiger charge is -2.37. The molecule has 0 heterocycles. The van der Waals surface area contributed by atoms with Crippen molar-refractivity contribution in [1.29, 1.82) is 0 Å². The number of rotatable bonds is 5. The minimum absolute atomic E-state index is 0.303. The van der Waals surface area contributed by atoms with E-state index in [0.717, 1.165) is 0 Å². The van der Waals surface area contributed by atoms with E-state index in [0.29, 0.717) is 17.6 Å². The second kappa shape index (κ2) is 6.96. The van der Waals surface area contributed by atoms with Crippen LogP contribution in [-0.4, -0.2) is 6.10 Å². The Hall–Kier alpha value is -0.820. The second-order valence-corrected chi connectivity index (χ2v) is 7.52. The van der Waals surface area contributed by atoms with Crippen molar-refractivity contribution in [3.8, 4) is 0 Å². The normalized spacial score (nSPS) is 24.0. The number of ether oxygens (including phenoxy) is 1. The maximum Gasteiger partial charge on any atom is 0.0833 e. The van der Waals surface area contributed by atoms with E-state index >= 15 is 0 Å². The molecular weight excluding hydrogens is 256 g/mol. The summed E-state index contributed by atoms with van der Waals surface area (Å²) in [5, 5.41) is 0. The predicted octanol–water partition coefficient (Wildman–Crippen LogP) is 6.05. The highest BCUT2D eigenvalue weighted by Gasteiger charge is 2.32. The largest absolute Gasteiger partial charge is 0.370 e. The monoisotopic (exact) mass is 286 g/mol. The van der Waals surface area contributed by atoms with Gasteiger partial charge in [-0.3, -0.25) is 0 Å². The van der Waals surface area contributed by atoms with E-state index in [1.165, 1.54) is 69.8 Å². The molecule has 0 saturated heterocycles. The molecule has 1 heteroatoms. The molecule has 3 rings (SSSR count). The molecule has 2 saturated carbocycles. The van der Waals surface area contributed by atoms with Crippen LogP contribution in [0, 0.1) is 5.41 Å². The van der Waals surface area contributed by atoms with Crippen molar-refractivity contribution in [3.63, 3.8) is 0 Å². The van der Waals surface area contributed by atoms with Gasteiger partial charge in [0.15, 0.2) is 0 Å². The molecule has 0 bridgehead atoms. The van der Waals surface area contributed by atoms with Gasteiger partial charge in [0.25, 0.3) is 0 Å². The first-order valence-corrected chi connectivity index (χ1v) is 8.96. The van der Waals surface area contributed by atoms with Gasteiger partial charge in [-0.05, 0) is 43.1 Å². The fourth-order valence-corrected chi connectivity index (χ4v) is 4.23. The molecule has 1 aromatic rings. The summed E-state index contributed by atoms with van der Waals surface area (Å²) in [4.78, 5) is 0. The molecule has 0 aromatic heterocycles. The third-order valence-corrected chi connectivity index (χ3v) is 5.57. The lowest BCUT2D eigenvalue weighted by atomic mass is 9.71. The Balaban J connectivity index is 1.71. The van der Waals surface area contributed by atoms with Crippen LogP contribution < -0.4 is 0 Å². The van der Waals surface area contributed by atoms with Gasteiger partial charge in [-0.15, -0.1) is 0 Å². The van der Waals surface area contributed by atoms with Crippen molar-refractivity contribution in [2.24, 2.45) is 5.41 Å². The first-order chi connectivity index (χ1) is 10.3. The molecule has 1 nitrogen and oxygen atoms in total. The minimum atomic E-state index is 0.303. The first kappa shape index (κ1) is 15.1. The molecule has 116 valence electrons. The minimum Gasteiger partial charge on any atom is -0.370 e. The van der Waals surface area contributed by atoms with E-state index in [4.69, 9.17) is 4.74 Å². The maximum absolute atomic E-state index is 6.57. The van der Waals surface area contributed by atoms with E-state index < -0.39 is 0 Å². The Bertz CT molecular complexity index is 413. The highest BCUT2D eigenvalue weighted by Crippen LogP contribution is 2.44. The van der Waals surface area contributed by atoms with Crippen molar-refractivity contribution >= 4 is 0 Å². The summed E-state index contributed by atoms with van der Waals surface area (Å²) < 4.78 is 6.57. The molecule has 0 radical (unpaired) electrons. The van der Waals surface area contributed by atoms with Crippen LogP contribution in [0.25, 0.3) is 0 Å². The van der Waals surface area contributed by atoms with Gasteiger partial charge in [0.05, 0.1) is 12.2 Å². The fourth-order valence-electron chi connectivity index (χ4n) is 4.23. The summed E-state index contributed by atoms with van der Waals surface area (Å²) in [5.74, 6) is 0. The summed E-state index contributed by atoms with van der Waals surface area (Å²) in [5.41, 5.74) is 1.87. The van der Waals surface area contributed by atoms with E-state index in [1.807, 2.05) is 0 Å². The highest BCUT2D eigenvalue weighted by molar-refractivity contribution is 5.18. The highest BCUT2D eigenvalue weighted by atomic mass is 16.5. The Morgan fingerprint density at radius 2 is 1.67 bits per heavy atom. The standard InChI is InChI=1S/C20H30O/c1-20(14-8-3-9-15-20)16-19(17-10-4-2-5-11-17)21-18-12-6-7-13-18/h2,4-5,10-11,18-19H,3,6-9,12-16H2,1H3/t19-/m0/s1. The van der Waals surface area contributed by atoms with Crippen molar-refractivity contribution < 1.29 is 4.74 Å². The zero-order valence-electron chi connectivity index (χ0n) is 13.5. The van der Waals surface area contributed by atoms with Crippen LogP contribution in [0.2, 0.25) is 0 Å². The number of benzene rings is 1. The van der Waals surface area contributed by atoms with Crippen molar-refractivity contribution in [1.82, 2.24) is 0 Å². The van der Waals surface area contributed by atoms with E-state index in [9.17, 15) is 0 Å². The summed E-state index contributed by atoms with van der Waals surface area (Å²) in [6, 6.07) is 10.9. The third-order valence-electron chi connectivity index (χ3n) is 5.57. The Kier molecular flexibility index (Phi) is 5.00. The van der Waals surface area contributed by atoms with E-state index in [-0.39, 0.29) is 0 Å². The van der Waals surface area contributed by atoms with Crippen LogP contribution >= 0.6 is 0 Å². The average Bonchev–Trinajstić information content (AvgIpc) is 3.01. The Morgan fingerprint density at radius 1 is 1.00 bits per heavy atom. The molecule has 0 spiro atoms. The zero-order chi connectivity index (χ0) is 14.5. The van der Waals surface area contributed by atoms with Gasteiger partial charge in [-0.1, -0.05) is 69.4 Å². The molecule has 2 aliphatic carbocycles. The van der Waals surface area contributed by atoms with Crippen LogP contribution in [0.4, 0.5) is 0 Å². The van der Waals surface area contributed by atoms with Crippen molar-refractivity contribution in [2.45, 2.75) is 83.3 Å². The first-order valence-electron chi connectivity index (χ1n) is 8.96. The number of hydrogen-bond donors (Lipinski definition) is 0. The molecular formula is C20H30O. The second-order valence-electron chi connectivity index (χ2n) is 7.52. The topological polar surface area (TPSA) is 9.23 Å². The lowest BCUT2D eigenvalue weighted by molar-refractivity contribution is -0.0391. The summed E-state index contributed by atoms with van der Waals surface area (Å²) in [6.07, 6.45) is 14.2. The van der Waals surface area contributed by atoms with Gasteiger partial charge in [0.1, 0.15) is 0 Å². The van der Waals surface area contributed by atoms with Crippen LogP contribution in [-0.2, 0) is 4.74 Å². The van der Waals surface area contributed by atoms with Crippen LogP contribution in [0.15, 0.2) is 30.3 Å². The Labute approximate surface area is 130 Å².